The Kier molecular flexibility index (Phi) is 6.87. The number of ether oxygens (including phenoxy) is 2. The summed E-state index contributed by atoms with van der Waals surface area (Å²) in [6, 6.07) is 15.0. The van der Waals surface area contributed by atoms with Crippen LogP contribution < -0.4 is 15.2 Å². The van der Waals surface area contributed by atoms with Crippen LogP contribution in [0.15, 0.2) is 54.7 Å². The highest BCUT2D eigenvalue weighted by Crippen LogP contribution is 2.33. The number of nitrogens with zero attached hydrogens (tertiary/aromatic N) is 5. The minimum absolute atomic E-state index is 0.0413. The lowest BCUT2D eigenvalue weighted by atomic mass is 10.1. The minimum atomic E-state index is -0.0544. The normalized spacial score (nSPS) is 14.1. The first-order valence-electron chi connectivity index (χ1n) is 12.2. The second-order valence-corrected chi connectivity index (χ2v) is 9.27. The summed E-state index contributed by atoms with van der Waals surface area (Å²) >= 11 is 0. The fraction of sp³-hybridized carbons (Fsp3) is 0.286. The van der Waals surface area contributed by atoms with Gasteiger partial charge < -0.3 is 25.0 Å². The predicted octanol–water partition coefficient (Wildman–Crippen LogP) is 3.84. The summed E-state index contributed by atoms with van der Waals surface area (Å²) in [7, 11) is 2.05. The van der Waals surface area contributed by atoms with E-state index in [0.29, 0.717) is 47.1 Å². The van der Waals surface area contributed by atoms with E-state index in [9.17, 15) is 4.79 Å². The highest BCUT2D eigenvalue weighted by molar-refractivity contribution is 5.95. The Morgan fingerprint density at radius 1 is 1.00 bits per heavy atom. The second-order valence-electron chi connectivity index (χ2n) is 9.27. The number of aryl methyl sites for hydroxylation is 2. The molecule has 3 heterocycles. The Bertz CT molecular complexity index is 1430. The molecule has 2 aromatic heterocycles. The van der Waals surface area contributed by atoms with E-state index < -0.39 is 0 Å². The van der Waals surface area contributed by atoms with Crippen molar-refractivity contribution < 1.29 is 14.3 Å². The lowest BCUT2D eigenvalue weighted by Gasteiger charge is -2.32. The van der Waals surface area contributed by atoms with E-state index >= 15 is 0 Å². The van der Waals surface area contributed by atoms with Crippen LogP contribution in [-0.4, -0.2) is 70.5 Å². The first-order chi connectivity index (χ1) is 17.9. The third-order valence-electron chi connectivity index (χ3n) is 6.47. The Balaban J connectivity index is 1.35. The fourth-order valence-electron chi connectivity index (χ4n) is 4.26. The van der Waals surface area contributed by atoms with Gasteiger partial charge in [-0.05, 0) is 68.9 Å². The molecule has 0 aliphatic carbocycles. The van der Waals surface area contributed by atoms with Gasteiger partial charge in [-0.1, -0.05) is 6.07 Å². The number of aromatic nitrogens is 3. The first-order valence-corrected chi connectivity index (χ1v) is 12.2. The topological polar surface area (TPSA) is 107 Å². The molecule has 1 amide bonds. The highest BCUT2D eigenvalue weighted by Gasteiger charge is 2.20. The van der Waals surface area contributed by atoms with E-state index in [1.165, 1.54) is 0 Å². The van der Waals surface area contributed by atoms with Gasteiger partial charge >= 0.3 is 0 Å². The zero-order valence-corrected chi connectivity index (χ0v) is 21.3. The molecule has 2 aromatic carbocycles. The number of piperazine rings is 1. The van der Waals surface area contributed by atoms with Crippen LogP contribution in [0.5, 0.6) is 17.2 Å². The summed E-state index contributed by atoms with van der Waals surface area (Å²) in [4.78, 5) is 30.2. The number of nitrogens with two attached hydrogens (primary N) is 1. The molecule has 0 bridgehead atoms. The van der Waals surface area contributed by atoms with Crippen molar-refractivity contribution in [2.24, 2.45) is 0 Å². The van der Waals surface area contributed by atoms with Gasteiger partial charge in [-0.2, -0.15) is 0 Å². The molecule has 1 fully saturated rings. The molecule has 0 saturated carbocycles. The minimum Gasteiger partial charge on any atom is -0.483 e. The van der Waals surface area contributed by atoms with E-state index in [1.807, 2.05) is 61.2 Å². The van der Waals surface area contributed by atoms with Gasteiger partial charge in [0.1, 0.15) is 23.1 Å². The maximum atomic E-state index is 12.6. The maximum absolute atomic E-state index is 12.6. The summed E-state index contributed by atoms with van der Waals surface area (Å²) in [5.41, 5.74) is 9.71. The highest BCUT2D eigenvalue weighted by atomic mass is 16.5. The van der Waals surface area contributed by atoms with Gasteiger partial charge in [0.2, 0.25) is 0 Å². The molecule has 9 nitrogen and oxygen atoms in total. The van der Waals surface area contributed by atoms with Gasteiger partial charge in [-0.15, -0.1) is 0 Å². The number of pyridine rings is 1. The molecule has 0 atom stereocenters. The second kappa shape index (κ2) is 10.4. The third-order valence-corrected chi connectivity index (χ3v) is 6.47. The van der Waals surface area contributed by atoms with Crippen molar-refractivity contribution in [2.45, 2.75) is 13.8 Å². The number of likely N-dealkylation sites (N-methyl/N-ethyl adjacent to an activating group) is 1. The SMILES string of the molecule is Cc1ccc(Oc2ccc(-c3nc(N)c4c(OCC(=O)N5CCN(C)CC5)cccc4n3)cc2C)cn1. The number of anilines is 1. The standard InChI is InChI=1S/C28H30N6O3/c1-18-15-20(8-10-23(18)37-21-9-7-19(2)30-16-21)28-31-22-5-4-6-24(26(22)27(29)32-28)36-17-25(35)34-13-11-33(3)12-14-34/h4-10,15-16H,11-14,17H2,1-3H3,(H2,29,31,32). The Morgan fingerprint density at radius 2 is 1.81 bits per heavy atom. The van der Waals surface area contributed by atoms with Crippen LogP contribution in [-0.2, 0) is 4.79 Å². The lowest BCUT2D eigenvalue weighted by molar-refractivity contribution is -0.134. The first kappa shape index (κ1) is 24.5. The summed E-state index contributed by atoms with van der Waals surface area (Å²) < 4.78 is 11.9. The van der Waals surface area contributed by atoms with Gasteiger partial charge in [-0.25, -0.2) is 9.97 Å². The smallest absolute Gasteiger partial charge is 0.260 e. The van der Waals surface area contributed by atoms with Gasteiger partial charge in [0.05, 0.1) is 17.1 Å². The molecular formula is C28H30N6O3. The largest absolute Gasteiger partial charge is 0.483 e. The Hall–Kier alpha value is -4.24. The van der Waals surface area contributed by atoms with Crippen LogP contribution in [0.2, 0.25) is 0 Å². The zero-order valence-electron chi connectivity index (χ0n) is 21.3. The molecule has 9 heteroatoms. The molecule has 37 heavy (non-hydrogen) atoms. The predicted molar refractivity (Wildman–Crippen MR) is 143 cm³/mol. The quantitative estimate of drug-likeness (QED) is 0.427. The van der Waals surface area contributed by atoms with Crippen LogP contribution in [0.3, 0.4) is 0 Å². The van der Waals surface area contributed by atoms with Crippen LogP contribution >= 0.6 is 0 Å². The number of hydrogen-bond donors (Lipinski definition) is 1. The zero-order chi connectivity index (χ0) is 25.9. The number of hydrogen-bond acceptors (Lipinski definition) is 8. The van der Waals surface area contributed by atoms with E-state index in [1.54, 1.807) is 12.3 Å². The summed E-state index contributed by atoms with van der Waals surface area (Å²) in [5, 5.41) is 0.598. The number of carbonyl (C=O) groups excluding carboxylic acids is 1. The molecule has 190 valence electrons. The summed E-state index contributed by atoms with van der Waals surface area (Å²) in [5.74, 6) is 2.65. The van der Waals surface area contributed by atoms with Crippen LogP contribution in [0, 0.1) is 13.8 Å². The molecular weight excluding hydrogens is 468 g/mol. The third kappa shape index (κ3) is 5.46. The van der Waals surface area contributed by atoms with Crippen molar-refractivity contribution in [3.05, 3.63) is 66.0 Å². The van der Waals surface area contributed by atoms with E-state index in [-0.39, 0.29) is 12.5 Å². The van der Waals surface area contributed by atoms with Crippen molar-refractivity contribution in [1.29, 1.82) is 0 Å². The molecule has 2 N–H and O–H groups in total. The molecule has 0 radical (unpaired) electrons. The van der Waals surface area contributed by atoms with Crippen LogP contribution in [0.4, 0.5) is 5.82 Å². The number of fused-ring (bicyclic) bond motifs is 1. The van der Waals surface area contributed by atoms with E-state index in [0.717, 1.165) is 35.7 Å². The molecule has 0 spiro atoms. The van der Waals surface area contributed by atoms with Crippen molar-refractivity contribution in [1.82, 2.24) is 24.8 Å². The molecule has 5 rings (SSSR count). The van der Waals surface area contributed by atoms with Crippen molar-refractivity contribution >= 4 is 22.6 Å². The van der Waals surface area contributed by atoms with Crippen molar-refractivity contribution in [3.8, 4) is 28.6 Å². The van der Waals surface area contributed by atoms with Gasteiger partial charge in [0, 0.05) is 37.4 Å². The van der Waals surface area contributed by atoms with E-state index in [2.05, 4.69) is 21.9 Å². The van der Waals surface area contributed by atoms with E-state index in [4.69, 9.17) is 20.2 Å². The number of carbonyl (C=O) groups is 1. The van der Waals surface area contributed by atoms with Crippen molar-refractivity contribution in [3.63, 3.8) is 0 Å². The molecule has 0 unspecified atom stereocenters. The average Bonchev–Trinajstić information content (AvgIpc) is 2.90. The summed E-state index contributed by atoms with van der Waals surface area (Å²) in [6.07, 6.45) is 1.70. The molecule has 4 aromatic rings. The van der Waals surface area contributed by atoms with Crippen LogP contribution in [0.1, 0.15) is 11.3 Å². The lowest BCUT2D eigenvalue weighted by Crippen LogP contribution is -2.48. The monoisotopic (exact) mass is 498 g/mol. The van der Waals surface area contributed by atoms with Gasteiger partial charge in [0.15, 0.2) is 12.4 Å². The molecule has 1 saturated heterocycles. The fourth-order valence-corrected chi connectivity index (χ4v) is 4.26. The Labute approximate surface area is 215 Å². The average molecular weight is 499 g/mol. The summed E-state index contributed by atoms with van der Waals surface area (Å²) in [6.45, 7) is 6.97. The number of nitrogen functional groups attached to an aromatic ring is 1. The number of amides is 1. The number of rotatable bonds is 6. The maximum Gasteiger partial charge on any atom is 0.260 e. The Morgan fingerprint density at radius 3 is 2.54 bits per heavy atom. The van der Waals surface area contributed by atoms with Gasteiger partial charge in [-0.3, -0.25) is 9.78 Å². The van der Waals surface area contributed by atoms with Crippen LogP contribution in [0.25, 0.3) is 22.3 Å². The number of benzene rings is 2. The van der Waals surface area contributed by atoms with Crippen molar-refractivity contribution in [2.75, 3.05) is 45.6 Å². The van der Waals surface area contributed by atoms with Gasteiger partial charge in [0.25, 0.3) is 5.91 Å². The molecule has 1 aliphatic heterocycles. The molecule has 1 aliphatic rings.